The largest absolute Gasteiger partial charge is 0.508 e. The Bertz CT molecular complexity index is 1030. The fraction of sp³-hybridized carbons (Fsp3) is 0.286. The number of hydrogen-bond acceptors (Lipinski definition) is 6. The number of aliphatic imine (C=N–C) groups is 1. The van der Waals surface area contributed by atoms with E-state index in [1.807, 2.05) is 12.1 Å². The number of nitrogens with two attached hydrogens (primary N) is 1. The highest BCUT2D eigenvalue weighted by molar-refractivity contribution is 5.84. The van der Waals surface area contributed by atoms with E-state index < -0.39 is 11.4 Å². The molecular formula is C21H19FN2O4. The van der Waals surface area contributed by atoms with Crippen LogP contribution in [-0.2, 0) is 15.0 Å². The van der Waals surface area contributed by atoms with Gasteiger partial charge in [-0.05, 0) is 47.9 Å². The van der Waals surface area contributed by atoms with Crippen LogP contribution in [0.2, 0.25) is 0 Å². The summed E-state index contributed by atoms with van der Waals surface area (Å²) < 4.78 is 32.1. The van der Waals surface area contributed by atoms with Crippen molar-refractivity contribution in [2.75, 3.05) is 26.4 Å². The lowest BCUT2D eigenvalue weighted by atomic mass is 9.79. The summed E-state index contributed by atoms with van der Waals surface area (Å²) in [6, 6.07) is 8.03. The number of benzene rings is 2. The van der Waals surface area contributed by atoms with E-state index in [0.717, 1.165) is 11.1 Å². The van der Waals surface area contributed by atoms with Crippen LogP contribution in [0.5, 0.6) is 17.2 Å². The van der Waals surface area contributed by atoms with Crippen molar-refractivity contribution < 1.29 is 23.7 Å². The third-order valence-corrected chi connectivity index (χ3v) is 5.34. The number of halogens is 1. The molecule has 0 fully saturated rings. The predicted octanol–water partition coefficient (Wildman–Crippen LogP) is 3.07. The van der Waals surface area contributed by atoms with E-state index in [-0.39, 0.29) is 24.7 Å². The first-order valence-corrected chi connectivity index (χ1v) is 9.11. The van der Waals surface area contributed by atoms with E-state index in [4.69, 9.17) is 24.9 Å². The van der Waals surface area contributed by atoms with E-state index in [1.54, 1.807) is 12.1 Å². The van der Waals surface area contributed by atoms with Crippen molar-refractivity contribution in [3.05, 3.63) is 58.9 Å². The second kappa shape index (κ2) is 6.32. The van der Waals surface area contributed by atoms with Gasteiger partial charge in [0.1, 0.15) is 29.5 Å². The zero-order valence-electron chi connectivity index (χ0n) is 15.1. The van der Waals surface area contributed by atoms with E-state index in [0.29, 0.717) is 42.3 Å². The van der Waals surface area contributed by atoms with Gasteiger partial charge in [0.05, 0.1) is 19.8 Å². The monoisotopic (exact) mass is 382 g/mol. The van der Waals surface area contributed by atoms with Gasteiger partial charge in [-0.15, -0.1) is 0 Å². The van der Waals surface area contributed by atoms with Crippen molar-refractivity contribution in [2.45, 2.75) is 12.0 Å². The lowest BCUT2D eigenvalue weighted by molar-refractivity contribution is 0.109. The smallest absolute Gasteiger partial charge is 0.169 e. The van der Waals surface area contributed by atoms with Gasteiger partial charge in [0.2, 0.25) is 0 Å². The molecule has 0 aliphatic carbocycles. The highest BCUT2D eigenvalue weighted by Crippen LogP contribution is 2.52. The van der Waals surface area contributed by atoms with Crippen LogP contribution >= 0.6 is 0 Å². The number of ether oxygens (including phenoxy) is 3. The molecule has 0 bridgehead atoms. The Morgan fingerprint density at radius 1 is 1.14 bits per heavy atom. The van der Waals surface area contributed by atoms with Gasteiger partial charge >= 0.3 is 0 Å². The van der Waals surface area contributed by atoms with Gasteiger partial charge in [0, 0.05) is 11.1 Å². The lowest BCUT2D eigenvalue weighted by Gasteiger charge is -2.39. The van der Waals surface area contributed by atoms with Gasteiger partial charge in [-0.2, -0.15) is 0 Å². The molecular weight excluding hydrogens is 363 g/mol. The van der Waals surface area contributed by atoms with Gasteiger partial charge in [0.25, 0.3) is 0 Å². The SMILES string of the molecule is NC1=NC2(COC1)c1cc(O)ccc1Oc1c(F)cc(C3=CCOCC3)cc12. The van der Waals surface area contributed by atoms with Gasteiger partial charge < -0.3 is 25.1 Å². The molecule has 1 spiro atoms. The minimum Gasteiger partial charge on any atom is -0.508 e. The van der Waals surface area contributed by atoms with Crippen LogP contribution in [0.1, 0.15) is 23.1 Å². The summed E-state index contributed by atoms with van der Waals surface area (Å²) in [5.41, 5.74) is 7.84. The van der Waals surface area contributed by atoms with Crippen LogP contribution in [0.15, 0.2) is 41.4 Å². The zero-order valence-corrected chi connectivity index (χ0v) is 15.1. The number of fused-ring (bicyclic) bond motifs is 4. The number of amidine groups is 1. The predicted molar refractivity (Wildman–Crippen MR) is 101 cm³/mol. The maximum atomic E-state index is 15.1. The molecule has 7 heteroatoms. The number of nitrogens with zero attached hydrogens (tertiary/aromatic N) is 1. The molecule has 6 nitrogen and oxygen atoms in total. The Morgan fingerprint density at radius 3 is 2.82 bits per heavy atom. The summed E-state index contributed by atoms with van der Waals surface area (Å²) in [6.07, 6.45) is 2.65. The maximum Gasteiger partial charge on any atom is 0.169 e. The van der Waals surface area contributed by atoms with Crippen molar-refractivity contribution in [1.82, 2.24) is 0 Å². The summed E-state index contributed by atoms with van der Waals surface area (Å²) in [7, 11) is 0. The van der Waals surface area contributed by atoms with Crippen molar-refractivity contribution >= 4 is 11.4 Å². The van der Waals surface area contributed by atoms with Gasteiger partial charge in [-0.1, -0.05) is 6.08 Å². The Balaban J connectivity index is 1.77. The molecule has 3 heterocycles. The topological polar surface area (TPSA) is 86.3 Å². The molecule has 0 saturated carbocycles. The third kappa shape index (κ3) is 2.58. The molecule has 0 aromatic heterocycles. The quantitative estimate of drug-likeness (QED) is 0.792. The van der Waals surface area contributed by atoms with Crippen molar-refractivity contribution in [2.24, 2.45) is 10.7 Å². The molecule has 2 aromatic carbocycles. The molecule has 3 aliphatic rings. The van der Waals surface area contributed by atoms with E-state index in [2.05, 4.69) is 0 Å². The van der Waals surface area contributed by atoms with E-state index in [1.165, 1.54) is 12.1 Å². The Hall–Kier alpha value is -2.90. The molecule has 144 valence electrons. The summed E-state index contributed by atoms with van der Waals surface area (Å²) in [5, 5.41) is 10.1. The molecule has 1 atom stereocenters. The fourth-order valence-electron chi connectivity index (χ4n) is 4.05. The van der Waals surface area contributed by atoms with Crippen LogP contribution in [0.3, 0.4) is 0 Å². The van der Waals surface area contributed by atoms with Gasteiger partial charge in [0.15, 0.2) is 11.6 Å². The third-order valence-electron chi connectivity index (χ3n) is 5.34. The first kappa shape index (κ1) is 17.2. The minimum absolute atomic E-state index is 0.0632. The summed E-state index contributed by atoms with van der Waals surface area (Å²) in [6.45, 7) is 1.47. The average Bonchev–Trinajstić information content (AvgIpc) is 2.70. The van der Waals surface area contributed by atoms with Crippen molar-refractivity contribution in [1.29, 1.82) is 0 Å². The molecule has 0 amide bonds. The van der Waals surface area contributed by atoms with Gasteiger partial charge in [-0.25, -0.2) is 4.39 Å². The fourth-order valence-corrected chi connectivity index (χ4v) is 4.05. The molecule has 0 saturated heterocycles. The molecule has 2 aromatic rings. The van der Waals surface area contributed by atoms with Crippen LogP contribution in [0, 0.1) is 5.82 Å². The summed E-state index contributed by atoms with van der Waals surface area (Å²) in [5.74, 6) is 0.427. The number of aromatic hydroxyl groups is 1. The Labute approximate surface area is 161 Å². The van der Waals surface area contributed by atoms with Crippen LogP contribution in [0.25, 0.3) is 5.57 Å². The molecule has 3 aliphatic heterocycles. The molecule has 1 unspecified atom stereocenters. The number of rotatable bonds is 1. The normalized spacial score (nSPS) is 23.3. The van der Waals surface area contributed by atoms with Gasteiger partial charge in [-0.3, -0.25) is 4.99 Å². The second-order valence-electron chi connectivity index (χ2n) is 7.13. The molecule has 0 radical (unpaired) electrons. The van der Waals surface area contributed by atoms with Crippen molar-refractivity contribution in [3.8, 4) is 17.2 Å². The lowest BCUT2D eigenvalue weighted by Crippen LogP contribution is -2.42. The molecule has 5 rings (SSSR count). The van der Waals surface area contributed by atoms with Crippen molar-refractivity contribution in [3.63, 3.8) is 0 Å². The summed E-state index contributed by atoms with van der Waals surface area (Å²) in [4.78, 5) is 4.69. The average molecular weight is 382 g/mol. The molecule has 3 N–H and O–H groups in total. The Kier molecular flexibility index (Phi) is 3.89. The molecule has 28 heavy (non-hydrogen) atoms. The maximum absolute atomic E-state index is 15.1. The van der Waals surface area contributed by atoms with Crippen LogP contribution in [0.4, 0.5) is 4.39 Å². The minimum atomic E-state index is -1.08. The van der Waals surface area contributed by atoms with Crippen LogP contribution < -0.4 is 10.5 Å². The number of hydrogen-bond donors (Lipinski definition) is 2. The number of phenolic OH excluding ortho intramolecular Hbond substituents is 1. The summed E-state index contributed by atoms with van der Waals surface area (Å²) >= 11 is 0. The number of phenols is 1. The van der Waals surface area contributed by atoms with E-state index >= 15 is 4.39 Å². The standard InChI is InChI=1S/C21H19FN2O4/c22-17-8-13(12-3-5-26-6-4-12)7-16-20(17)28-18-2-1-14(25)9-15(18)21(16)11-27-10-19(23)24-21/h1-3,7-9,25H,4-6,10-11H2,(H2,23,24). The Morgan fingerprint density at radius 2 is 2.04 bits per heavy atom. The zero-order chi connectivity index (χ0) is 19.3. The van der Waals surface area contributed by atoms with E-state index in [9.17, 15) is 5.11 Å². The first-order chi connectivity index (χ1) is 13.6. The first-order valence-electron chi connectivity index (χ1n) is 9.11. The highest BCUT2D eigenvalue weighted by Gasteiger charge is 2.46. The van der Waals surface area contributed by atoms with Crippen LogP contribution in [-0.4, -0.2) is 37.4 Å². The second-order valence-corrected chi connectivity index (χ2v) is 7.13. The highest BCUT2D eigenvalue weighted by atomic mass is 19.1.